The van der Waals surface area contributed by atoms with Gasteiger partial charge in [-0.25, -0.2) is 4.79 Å². The van der Waals surface area contributed by atoms with Gasteiger partial charge in [0.25, 0.3) is 0 Å². The van der Waals surface area contributed by atoms with E-state index < -0.39 is 0 Å². The second-order valence-corrected chi connectivity index (χ2v) is 5.24. The van der Waals surface area contributed by atoms with Crippen LogP contribution in [0.15, 0.2) is 42.5 Å². The molecule has 0 aliphatic carbocycles. The third-order valence-electron chi connectivity index (χ3n) is 3.63. The highest BCUT2D eigenvalue weighted by Crippen LogP contribution is 2.34. The Morgan fingerprint density at radius 3 is 2.73 bits per heavy atom. The summed E-state index contributed by atoms with van der Waals surface area (Å²) in [6.45, 7) is 4.21. The summed E-state index contributed by atoms with van der Waals surface area (Å²) in [5.74, 6) is 1.34. The molecule has 0 aromatic heterocycles. The van der Waals surface area contributed by atoms with E-state index in [1.165, 1.54) is 0 Å². The average Bonchev–Trinajstić information content (AvgIpc) is 2.95. The zero-order chi connectivity index (χ0) is 15.5. The molecule has 2 aromatic carbocycles. The Morgan fingerprint density at radius 2 is 1.91 bits per heavy atom. The fourth-order valence-corrected chi connectivity index (χ4v) is 2.49. The molecule has 114 valence electrons. The maximum atomic E-state index is 12.1. The largest absolute Gasteiger partial charge is 0.454 e. The lowest BCUT2D eigenvalue weighted by Crippen LogP contribution is -2.31. The minimum Gasteiger partial charge on any atom is -0.454 e. The number of urea groups is 1. The molecular formula is C17H18N2O3. The third kappa shape index (κ3) is 2.98. The monoisotopic (exact) mass is 298 g/mol. The first-order valence-corrected chi connectivity index (χ1v) is 7.16. The van der Waals surface area contributed by atoms with E-state index in [9.17, 15) is 4.79 Å². The van der Waals surface area contributed by atoms with Gasteiger partial charge in [-0.2, -0.15) is 0 Å². The molecule has 2 amide bonds. The van der Waals surface area contributed by atoms with Crippen LogP contribution in [-0.2, 0) is 0 Å². The molecule has 1 atom stereocenters. The topological polar surface area (TPSA) is 59.6 Å². The van der Waals surface area contributed by atoms with Gasteiger partial charge in [-0.15, -0.1) is 0 Å². The minimum absolute atomic E-state index is 0.0739. The molecule has 3 rings (SSSR count). The van der Waals surface area contributed by atoms with Crippen LogP contribution in [0.2, 0.25) is 0 Å². The number of anilines is 1. The van der Waals surface area contributed by atoms with Crippen LogP contribution in [0.25, 0.3) is 0 Å². The van der Waals surface area contributed by atoms with Crippen molar-refractivity contribution in [2.24, 2.45) is 0 Å². The summed E-state index contributed by atoms with van der Waals surface area (Å²) in [7, 11) is 0. The number of hydrogen-bond donors (Lipinski definition) is 2. The Morgan fingerprint density at radius 1 is 1.14 bits per heavy atom. The predicted octanol–water partition coefficient (Wildman–Crippen LogP) is 3.61. The normalized spacial score (nSPS) is 13.5. The lowest BCUT2D eigenvalue weighted by atomic mass is 10.0. The smallest absolute Gasteiger partial charge is 0.319 e. The first kappa shape index (κ1) is 14.3. The van der Waals surface area contributed by atoms with Crippen LogP contribution in [0.1, 0.15) is 24.1 Å². The highest BCUT2D eigenvalue weighted by Gasteiger charge is 2.15. The highest BCUT2D eigenvalue weighted by atomic mass is 16.7. The number of nitrogens with one attached hydrogen (secondary N) is 2. The van der Waals surface area contributed by atoms with E-state index in [-0.39, 0.29) is 18.9 Å². The molecule has 1 heterocycles. The SMILES string of the molecule is Cc1ccccc1C(C)NC(=O)Nc1ccc2c(c1)OCO2. The van der Waals surface area contributed by atoms with E-state index in [4.69, 9.17) is 9.47 Å². The van der Waals surface area contributed by atoms with Gasteiger partial charge in [0.2, 0.25) is 6.79 Å². The van der Waals surface area contributed by atoms with Crippen LogP contribution in [0.3, 0.4) is 0 Å². The Bertz CT molecular complexity index is 700. The Balaban J connectivity index is 1.64. The standard InChI is InChI=1S/C17H18N2O3/c1-11-5-3-4-6-14(11)12(2)18-17(20)19-13-7-8-15-16(9-13)22-10-21-15/h3-9,12H,10H2,1-2H3,(H2,18,19,20). The predicted molar refractivity (Wildman–Crippen MR) is 84.3 cm³/mol. The zero-order valence-electron chi connectivity index (χ0n) is 12.6. The van der Waals surface area contributed by atoms with Gasteiger partial charge < -0.3 is 20.1 Å². The van der Waals surface area contributed by atoms with E-state index in [1.807, 2.05) is 38.1 Å². The second-order valence-electron chi connectivity index (χ2n) is 5.24. The Kier molecular flexibility index (Phi) is 3.87. The molecule has 1 aliphatic rings. The number of aryl methyl sites for hydroxylation is 1. The van der Waals surface area contributed by atoms with Gasteiger partial charge in [0, 0.05) is 11.8 Å². The number of hydrogen-bond acceptors (Lipinski definition) is 3. The number of benzene rings is 2. The Hall–Kier alpha value is -2.69. The lowest BCUT2D eigenvalue weighted by molar-refractivity contribution is 0.174. The molecule has 22 heavy (non-hydrogen) atoms. The highest BCUT2D eigenvalue weighted by molar-refractivity contribution is 5.90. The summed E-state index contributed by atoms with van der Waals surface area (Å²) in [4.78, 5) is 12.1. The molecule has 0 spiro atoms. The molecule has 0 radical (unpaired) electrons. The van der Waals surface area contributed by atoms with Crippen molar-refractivity contribution in [2.75, 3.05) is 12.1 Å². The first-order valence-electron chi connectivity index (χ1n) is 7.16. The van der Waals surface area contributed by atoms with Crippen LogP contribution in [0, 0.1) is 6.92 Å². The van der Waals surface area contributed by atoms with Crippen molar-refractivity contribution in [3.8, 4) is 11.5 Å². The number of carbonyl (C=O) groups is 1. The minimum atomic E-state index is -0.255. The number of carbonyl (C=O) groups excluding carboxylic acids is 1. The quantitative estimate of drug-likeness (QED) is 0.910. The van der Waals surface area contributed by atoms with Crippen molar-refractivity contribution in [1.82, 2.24) is 5.32 Å². The maximum Gasteiger partial charge on any atom is 0.319 e. The molecular weight excluding hydrogens is 280 g/mol. The van der Waals surface area contributed by atoms with Gasteiger partial charge >= 0.3 is 6.03 Å². The molecule has 0 bridgehead atoms. The zero-order valence-corrected chi connectivity index (χ0v) is 12.6. The molecule has 0 saturated heterocycles. The van der Waals surface area contributed by atoms with Crippen molar-refractivity contribution < 1.29 is 14.3 Å². The Labute approximate surface area is 129 Å². The maximum absolute atomic E-state index is 12.1. The number of amides is 2. The van der Waals surface area contributed by atoms with E-state index in [2.05, 4.69) is 10.6 Å². The third-order valence-corrected chi connectivity index (χ3v) is 3.63. The summed E-state index contributed by atoms with van der Waals surface area (Å²) in [5.41, 5.74) is 2.92. The molecule has 0 fully saturated rings. The summed E-state index contributed by atoms with van der Waals surface area (Å²) in [5, 5.41) is 5.74. The molecule has 0 saturated carbocycles. The van der Waals surface area contributed by atoms with Gasteiger partial charge in [-0.1, -0.05) is 24.3 Å². The van der Waals surface area contributed by atoms with Gasteiger partial charge in [0.1, 0.15) is 0 Å². The fraction of sp³-hybridized carbons (Fsp3) is 0.235. The van der Waals surface area contributed by atoms with Gasteiger partial charge in [-0.05, 0) is 37.1 Å². The van der Waals surface area contributed by atoms with Crippen LogP contribution < -0.4 is 20.1 Å². The molecule has 2 aromatic rings. The van der Waals surface area contributed by atoms with Crippen molar-refractivity contribution in [1.29, 1.82) is 0 Å². The van der Waals surface area contributed by atoms with Gasteiger partial charge in [0.05, 0.1) is 6.04 Å². The van der Waals surface area contributed by atoms with Gasteiger partial charge in [0.15, 0.2) is 11.5 Å². The van der Waals surface area contributed by atoms with Crippen LogP contribution in [0.5, 0.6) is 11.5 Å². The summed E-state index contributed by atoms with van der Waals surface area (Å²) >= 11 is 0. The summed E-state index contributed by atoms with van der Waals surface area (Å²) < 4.78 is 10.5. The molecule has 5 heteroatoms. The van der Waals surface area contributed by atoms with Crippen molar-refractivity contribution in [3.05, 3.63) is 53.6 Å². The summed E-state index contributed by atoms with van der Waals surface area (Å²) in [6, 6.07) is 13.0. The van der Waals surface area contributed by atoms with E-state index in [0.717, 1.165) is 11.1 Å². The second kappa shape index (κ2) is 5.97. The summed E-state index contributed by atoms with van der Waals surface area (Å²) in [6.07, 6.45) is 0. The van der Waals surface area contributed by atoms with Crippen molar-refractivity contribution >= 4 is 11.7 Å². The van der Waals surface area contributed by atoms with Crippen molar-refractivity contribution in [3.63, 3.8) is 0 Å². The number of rotatable bonds is 3. The number of fused-ring (bicyclic) bond motifs is 1. The van der Waals surface area contributed by atoms with Crippen LogP contribution >= 0.6 is 0 Å². The van der Waals surface area contributed by atoms with Crippen molar-refractivity contribution in [2.45, 2.75) is 19.9 Å². The van der Waals surface area contributed by atoms with Gasteiger partial charge in [-0.3, -0.25) is 0 Å². The van der Waals surface area contributed by atoms with E-state index in [0.29, 0.717) is 17.2 Å². The average molecular weight is 298 g/mol. The first-order chi connectivity index (χ1) is 10.6. The fourth-order valence-electron chi connectivity index (χ4n) is 2.49. The van der Waals surface area contributed by atoms with Crippen LogP contribution in [-0.4, -0.2) is 12.8 Å². The molecule has 1 unspecified atom stereocenters. The number of ether oxygens (including phenoxy) is 2. The molecule has 1 aliphatic heterocycles. The molecule has 5 nitrogen and oxygen atoms in total. The van der Waals surface area contributed by atoms with Crippen LogP contribution in [0.4, 0.5) is 10.5 Å². The van der Waals surface area contributed by atoms with E-state index in [1.54, 1.807) is 18.2 Å². The lowest BCUT2D eigenvalue weighted by Gasteiger charge is -2.17. The van der Waals surface area contributed by atoms with E-state index >= 15 is 0 Å². The molecule has 2 N–H and O–H groups in total.